The second-order valence-corrected chi connectivity index (χ2v) is 9.59. The van der Waals surface area contributed by atoms with E-state index in [1.54, 1.807) is 6.08 Å². The first-order valence-electron chi connectivity index (χ1n) is 9.72. The number of fused-ring (bicyclic) bond motifs is 5. The van der Waals surface area contributed by atoms with Crippen LogP contribution in [0.4, 0.5) is 0 Å². The highest BCUT2D eigenvalue weighted by Gasteiger charge is 2.60. The number of carbonyl (C=O) groups excluding carboxylic acids is 1. The van der Waals surface area contributed by atoms with Crippen molar-refractivity contribution in [2.45, 2.75) is 77.2 Å². The fraction of sp³-hybridized carbons (Fsp3) is 0.857. The van der Waals surface area contributed by atoms with Crippen molar-refractivity contribution in [2.75, 3.05) is 0 Å². The molecule has 0 bridgehead atoms. The largest absolute Gasteiger partial charge is 0.386 e. The second kappa shape index (κ2) is 4.94. The van der Waals surface area contributed by atoms with Gasteiger partial charge in [-0.3, -0.25) is 4.79 Å². The molecule has 7 atom stereocenters. The molecule has 0 unspecified atom stereocenters. The number of rotatable bonds is 1. The van der Waals surface area contributed by atoms with Crippen LogP contribution in [0.15, 0.2) is 12.7 Å². The molecule has 4 fully saturated rings. The molecule has 0 aromatic heterocycles. The third-order valence-electron chi connectivity index (χ3n) is 8.85. The Labute approximate surface area is 140 Å². The molecule has 0 saturated heterocycles. The van der Waals surface area contributed by atoms with Crippen LogP contribution in [-0.4, -0.2) is 16.5 Å². The van der Waals surface area contributed by atoms with Crippen LogP contribution in [0.2, 0.25) is 0 Å². The topological polar surface area (TPSA) is 37.3 Å². The lowest BCUT2D eigenvalue weighted by atomic mass is 9.44. The van der Waals surface area contributed by atoms with E-state index < -0.39 is 5.60 Å². The molecule has 0 amide bonds. The summed E-state index contributed by atoms with van der Waals surface area (Å²) in [5, 5.41) is 10.7. The standard InChI is InChI=1S/C21H32O2/c1-4-21(23)12-11-19(2)14(13-21)5-6-15-16-7-8-18(22)20(16,3)10-9-17(15)19/h4,14-17,23H,1,5-13H2,2-3H3/t14-,15+,16+,17-,19-,20-,21+/m0/s1. The van der Waals surface area contributed by atoms with Crippen molar-refractivity contribution in [3.05, 3.63) is 12.7 Å². The number of ketones is 1. The predicted molar refractivity (Wildman–Crippen MR) is 91.9 cm³/mol. The van der Waals surface area contributed by atoms with Crippen LogP contribution < -0.4 is 0 Å². The van der Waals surface area contributed by atoms with Gasteiger partial charge in [-0.15, -0.1) is 6.58 Å². The normalized spacial score (nSPS) is 55.7. The summed E-state index contributed by atoms with van der Waals surface area (Å²) in [5.74, 6) is 3.31. The smallest absolute Gasteiger partial charge is 0.139 e. The summed E-state index contributed by atoms with van der Waals surface area (Å²) >= 11 is 0. The summed E-state index contributed by atoms with van der Waals surface area (Å²) in [4.78, 5) is 12.4. The van der Waals surface area contributed by atoms with E-state index in [4.69, 9.17) is 0 Å². The lowest BCUT2D eigenvalue weighted by Crippen LogP contribution is -2.55. The van der Waals surface area contributed by atoms with Crippen LogP contribution in [0, 0.1) is 34.5 Å². The summed E-state index contributed by atoms with van der Waals surface area (Å²) in [6.07, 6.45) is 11.5. The number of hydrogen-bond acceptors (Lipinski definition) is 2. The maximum atomic E-state index is 12.4. The Balaban J connectivity index is 1.62. The molecule has 4 rings (SSSR count). The predicted octanol–water partition coefficient (Wildman–Crippen LogP) is 4.52. The maximum absolute atomic E-state index is 12.4. The van der Waals surface area contributed by atoms with E-state index in [0.717, 1.165) is 50.4 Å². The molecule has 4 aliphatic rings. The van der Waals surface area contributed by atoms with Crippen LogP contribution in [0.5, 0.6) is 0 Å². The zero-order chi connectivity index (χ0) is 16.5. The number of aliphatic hydroxyl groups is 1. The molecule has 2 heteroatoms. The maximum Gasteiger partial charge on any atom is 0.139 e. The van der Waals surface area contributed by atoms with E-state index in [0.29, 0.717) is 23.0 Å². The van der Waals surface area contributed by atoms with E-state index in [9.17, 15) is 9.90 Å². The van der Waals surface area contributed by atoms with Gasteiger partial charge in [-0.2, -0.15) is 0 Å². The fourth-order valence-electron chi connectivity index (χ4n) is 7.23. The van der Waals surface area contributed by atoms with E-state index in [-0.39, 0.29) is 5.41 Å². The van der Waals surface area contributed by atoms with Crippen LogP contribution in [0.3, 0.4) is 0 Å². The molecule has 0 radical (unpaired) electrons. The first-order chi connectivity index (χ1) is 10.8. The molecule has 0 heterocycles. The van der Waals surface area contributed by atoms with Crippen molar-refractivity contribution in [2.24, 2.45) is 34.5 Å². The summed E-state index contributed by atoms with van der Waals surface area (Å²) in [6, 6.07) is 0. The van der Waals surface area contributed by atoms with Crippen LogP contribution in [-0.2, 0) is 4.79 Å². The molecular formula is C21H32O2. The van der Waals surface area contributed by atoms with E-state index in [1.807, 2.05) is 0 Å². The minimum Gasteiger partial charge on any atom is -0.386 e. The van der Waals surface area contributed by atoms with Gasteiger partial charge < -0.3 is 5.11 Å². The van der Waals surface area contributed by atoms with Crippen LogP contribution in [0.1, 0.15) is 71.6 Å². The van der Waals surface area contributed by atoms with Crippen molar-refractivity contribution in [1.82, 2.24) is 0 Å². The van der Waals surface area contributed by atoms with Gasteiger partial charge in [0.15, 0.2) is 0 Å². The first-order valence-corrected chi connectivity index (χ1v) is 9.72. The van der Waals surface area contributed by atoms with Gasteiger partial charge in [-0.05, 0) is 80.5 Å². The summed E-state index contributed by atoms with van der Waals surface area (Å²) in [6.45, 7) is 8.63. The lowest BCUT2D eigenvalue weighted by molar-refractivity contribution is -0.147. The van der Waals surface area contributed by atoms with Gasteiger partial charge in [0.25, 0.3) is 0 Å². The molecule has 128 valence electrons. The van der Waals surface area contributed by atoms with Crippen molar-refractivity contribution in [3.8, 4) is 0 Å². The number of carbonyl (C=O) groups is 1. The Morgan fingerprint density at radius 1 is 1.09 bits per heavy atom. The summed E-state index contributed by atoms with van der Waals surface area (Å²) in [7, 11) is 0. The molecule has 0 spiro atoms. The Kier molecular flexibility index (Phi) is 3.41. The fourth-order valence-corrected chi connectivity index (χ4v) is 7.23. The molecule has 23 heavy (non-hydrogen) atoms. The Morgan fingerprint density at radius 2 is 1.87 bits per heavy atom. The summed E-state index contributed by atoms with van der Waals surface area (Å²) in [5.41, 5.74) is -0.282. The Morgan fingerprint density at radius 3 is 2.61 bits per heavy atom. The number of hydrogen-bond donors (Lipinski definition) is 1. The Bertz CT molecular complexity index is 540. The van der Waals surface area contributed by atoms with Gasteiger partial charge in [0.05, 0.1) is 5.60 Å². The van der Waals surface area contributed by atoms with Crippen molar-refractivity contribution < 1.29 is 9.90 Å². The van der Waals surface area contributed by atoms with Gasteiger partial charge >= 0.3 is 0 Å². The lowest BCUT2D eigenvalue weighted by Gasteiger charge is -2.61. The van der Waals surface area contributed by atoms with E-state index in [1.165, 1.54) is 19.3 Å². The molecule has 0 aromatic rings. The number of Topliss-reactive ketones (excluding diaryl/α,β-unsaturated/α-hetero) is 1. The average molecular weight is 316 g/mol. The molecule has 4 aliphatic carbocycles. The molecule has 4 saturated carbocycles. The van der Waals surface area contributed by atoms with E-state index in [2.05, 4.69) is 20.4 Å². The monoisotopic (exact) mass is 316 g/mol. The van der Waals surface area contributed by atoms with Crippen LogP contribution >= 0.6 is 0 Å². The van der Waals surface area contributed by atoms with Gasteiger partial charge in [0, 0.05) is 11.8 Å². The third-order valence-corrected chi connectivity index (χ3v) is 8.85. The molecule has 1 N–H and O–H groups in total. The third kappa shape index (κ3) is 2.06. The highest BCUT2D eigenvalue weighted by atomic mass is 16.3. The van der Waals surface area contributed by atoms with Crippen LogP contribution in [0.25, 0.3) is 0 Å². The quantitative estimate of drug-likeness (QED) is 0.722. The van der Waals surface area contributed by atoms with Gasteiger partial charge in [-0.25, -0.2) is 0 Å². The molecule has 0 aromatic carbocycles. The minimum atomic E-state index is -0.635. The van der Waals surface area contributed by atoms with Gasteiger partial charge in [0.1, 0.15) is 5.78 Å². The highest BCUT2D eigenvalue weighted by molar-refractivity contribution is 5.87. The average Bonchev–Trinajstić information content (AvgIpc) is 2.84. The van der Waals surface area contributed by atoms with Crippen molar-refractivity contribution in [3.63, 3.8) is 0 Å². The summed E-state index contributed by atoms with van der Waals surface area (Å²) < 4.78 is 0. The minimum absolute atomic E-state index is 0.0130. The Hall–Kier alpha value is -0.630. The zero-order valence-electron chi connectivity index (χ0n) is 14.8. The zero-order valence-corrected chi connectivity index (χ0v) is 14.8. The van der Waals surface area contributed by atoms with Crippen molar-refractivity contribution >= 4 is 5.78 Å². The highest BCUT2D eigenvalue weighted by Crippen LogP contribution is 2.66. The van der Waals surface area contributed by atoms with Crippen molar-refractivity contribution in [1.29, 1.82) is 0 Å². The molecular weight excluding hydrogens is 284 g/mol. The SMILES string of the molecule is C=C[C@@]1(O)CC[C@@]2(C)[C@@H](CC[C@@H]3[C@H]4CCC(=O)[C@@]4(C)CC[C@@H]32)C1. The second-order valence-electron chi connectivity index (χ2n) is 9.59. The van der Waals surface area contributed by atoms with E-state index >= 15 is 0 Å². The van der Waals surface area contributed by atoms with Gasteiger partial charge in [-0.1, -0.05) is 19.9 Å². The van der Waals surface area contributed by atoms with Gasteiger partial charge in [0.2, 0.25) is 0 Å². The molecule has 0 aliphatic heterocycles. The molecule has 2 nitrogen and oxygen atoms in total. The first kappa shape index (κ1) is 15.9.